The zero-order valence-corrected chi connectivity index (χ0v) is 14.3. The molecular weight excluding hydrogens is 305 g/mol. The largest absolute Gasteiger partial charge is 0.297 e. The molecule has 21 heavy (non-hydrogen) atoms. The van der Waals surface area contributed by atoms with Gasteiger partial charge in [0.2, 0.25) is 0 Å². The lowest BCUT2D eigenvalue weighted by molar-refractivity contribution is -0.130. The summed E-state index contributed by atoms with van der Waals surface area (Å²) in [5, 5.41) is 1.15. The molecule has 116 valence electrons. The highest BCUT2D eigenvalue weighted by atomic mass is 35.5. The van der Waals surface area contributed by atoms with E-state index in [9.17, 15) is 4.79 Å². The summed E-state index contributed by atoms with van der Waals surface area (Å²) in [5.74, 6) is 0.210. The first-order valence-corrected chi connectivity index (χ1v) is 8.46. The number of benzene rings is 1. The quantitative estimate of drug-likeness (QED) is 0.777. The van der Waals surface area contributed by atoms with Crippen molar-refractivity contribution in [2.75, 3.05) is 13.1 Å². The summed E-state index contributed by atoms with van der Waals surface area (Å²) in [4.78, 5) is 15.2. The fourth-order valence-electron chi connectivity index (χ4n) is 3.04. The van der Waals surface area contributed by atoms with Crippen LogP contribution in [0.4, 0.5) is 0 Å². The van der Waals surface area contributed by atoms with E-state index in [2.05, 4.69) is 18.7 Å². The van der Waals surface area contributed by atoms with Gasteiger partial charge in [0.1, 0.15) is 0 Å². The zero-order chi connectivity index (χ0) is 15.5. The molecule has 1 aliphatic rings. The summed E-state index contributed by atoms with van der Waals surface area (Å²) in [6, 6.07) is 5.39. The van der Waals surface area contributed by atoms with Crippen LogP contribution in [0.1, 0.15) is 45.1 Å². The summed E-state index contributed by atoms with van der Waals surface area (Å²) in [7, 11) is 0. The number of hydrogen-bond donors (Lipinski definition) is 0. The van der Waals surface area contributed by atoms with Crippen LogP contribution in [-0.2, 0) is 11.2 Å². The summed E-state index contributed by atoms with van der Waals surface area (Å²) >= 11 is 12.4. The van der Waals surface area contributed by atoms with Gasteiger partial charge in [0, 0.05) is 16.5 Å². The van der Waals surface area contributed by atoms with E-state index in [0.717, 1.165) is 25.1 Å². The Bertz CT molecular complexity index is 491. The molecule has 1 aromatic carbocycles. The Labute approximate surface area is 137 Å². The molecule has 0 aliphatic carbocycles. The Hall–Kier alpha value is -0.570. The van der Waals surface area contributed by atoms with Crippen molar-refractivity contribution in [2.24, 2.45) is 0 Å². The third kappa shape index (κ3) is 3.61. The molecule has 1 unspecified atom stereocenters. The van der Waals surface area contributed by atoms with Crippen molar-refractivity contribution >= 4 is 29.0 Å². The SMILES string of the molecule is CCC(C)(C(=O)Cc1c(Cl)cccc1Cl)N1CCCCC1. The van der Waals surface area contributed by atoms with Gasteiger partial charge < -0.3 is 0 Å². The van der Waals surface area contributed by atoms with Gasteiger partial charge in [-0.3, -0.25) is 9.69 Å². The third-order valence-corrected chi connectivity index (χ3v) is 5.45. The summed E-state index contributed by atoms with van der Waals surface area (Å²) in [6.07, 6.45) is 4.74. The third-order valence-electron chi connectivity index (χ3n) is 4.74. The molecule has 0 amide bonds. The second kappa shape index (κ2) is 7.13. The van der Waals surface area contributed by atoms with Gasteiger partial charge in [-0.1, -0.05) is 42.6 Å². The Morgan fingerprint density at radius 3 is 2.29 bits per heavy atom. The minimum Gasteiger partial charge on any atom is -0.297 e. The molecule has 0 N–H and O–H groups in total. The fraction of sp³-hybridized carbons (Fsp3) is 0.588. The molecule has 1 aliphatic heterocycles. The zero-order valence-electron chi connectivity index (χ0n) is 12.8. The van der Waals surface area contributed by atoms with E-state index in [1.54, 1.807) is 12.1 Å². The van der Waals surface area contributed by atoms with Gasteiger partial charge in [-0.2, -0.15) is 0 Å². The minimum absolute atomic E-state index is 0.210. The average molecular weight is 328 g/mol. The number of ketones is 1. The first kappa shape index (κ1) is 16.8. The van der Waals surface area contributed by atoms with Crippen molar-refractivity contribution < 1.29 is 4.79 Å². The van der Waals surface area contributed by atoms with Crippen molar-refractivity contribution in [3.8, 4) is 0 Å². The molecule has 2 rings (SSSR count). The summed E-state index contributed by atoms with van der Waals surface area (Å²) in [5.41, 5.74) is 0.339. The Balaban J connectivity index is 2.20. The molecule has 0 saturated carbocycles. The van der Waals surface area contributed by atoms with E-state index in [1.807, 2.05) is 6.07 Å². The molecule has 0 bridgehead atoms. The van der Waals surface area contributed by atoms with Gasteiger partial charge in [-0.15, -0.1) is 0 Å². The monoisotopic (exact) mass is 327 g/mol. The van der Waals surface area contributed by atoms with E-state index in [4.69, 9.17) is 23.2 Å². The number of carbonyl (C=O) groups is 1. The van der Waals surface area contributed by atoms with Gasteiger partial charge in [0.25, 0.3) is 0 Å². The molecule has 4 heteroatoms. The maximum Gasteiger partial charge on any atom is 0.157 e. The second-order valence-corrected chi connectivity index (χ2v) is 6.79. The fourth-order valence-corrected chi connectivity index (χ4v) is 3.57. The lowest BCUT2D eigenvalue weighted by atomic mass is 9.86. The Morgan fingerprint density at radius 2 is 1.76 bits per heavy atom. The highest BCUT2D eigenvalue weighted by Gasteiger charge is 2.38. The standard InChI is InChI=1S/C17H23Cl2NO/c1-3-17(2,20-10-5-4-6-11-20)16(21)12-13-14(18)8-7-9-15(13)19/h7-9H,3-6,10-12H2,1-2H3. The van der Waals surface area contributed by atoms with E-state index >= 15 is 0 Å². The smallest absolute Gasteiger partial charge is 0.157 e. The van der Waals surface area contributed by atoms with Crippen LogP contribution in [0.2, 0.25) is 10.0 Å². The molecular formula is C17H23Cl2NO. The van der Waals surface area contributed by atoms with E-state index in [0.29, 0.717) is 16.5 Å². The maximum absolute atomic E-state index is 12.9. The first-order valence-electron chi connectivity index (χ1n) is 7.70. The van der Waals surface area contributed by atoms with Crippen LogP contribution in [0.5, 0.6) is 0 Å². The van der Waals surface area contributed by atoms with Gasteiger partial charge in [0.15, 0.2) is 5.78 Å². The number of hydrogen-bond acceptors (Lipinski definition) is 2. The van der Waals surface area contributed by atoms with Crippen LogP contribution in [0, 0.1) is 0 Å². The van der Waals surface area contributed by atoms with Crippen molar-refractivity contribution in [3.63, 3.8) is 0 Å². The van der Waals surface area contributed by atoms with Crippen molar-refractivity contribution in [2.45, 2.75) is 51.5 Å². The van der Waals surface area contributed by atoms with Crippen LogP contribution in [-0.4, -0.2) is 29.3 Å². The number of likely N-dealkylation sites (tertiary alicyclic amines) is 1. The predicted octanol–water partition coefficient (Wildman–Crippen LogP) is 4.76. The Morgan fingerprint density at radius 1 is 1.19 bits per heavy atom. The topological polar surface area (TPSA) is 20.3 Å². The average Bonchev–Trinajstić information content (AvgIpc) is 2.51. The van der Waals surface area contributed by atoms with Crippen LogP contribution < -0.4 is 0 Å². The lowest BCUT2D eigenvalue weighted by Gasteiger charge is -2.42. The molecule has 0 spiro atoms. The lowest BCUT2D eigenvalue weighted by Crippen LogP contribution is -2.54. The maximum atomic E-state index is 12.9. The van der Waals surface area contributed by atoms with Gasteiger partial charge in [-0.25, -0.2) is 0 Å². The molecule has 1 heterocycles. The first-order chi connectivity index (χ1) is 9.99. The van der Waals surface area contributed by atoms with E-state index in [1.165, 1.54) is 19.3 Å². The molecule has 1 atom stereocenters. The van der Waals surface area contributed by atoms with Crippen molar-refractivity contribution in [1.29, 1.82) is 0 Å². The van der Waals surface area contributed by atoms with Crippen LogP contribution in [0.25, 0.3) is 0 Å². The molecule has 2 nitrogen and oxygen atoms in total. The second-order valence-electron chi connectivity index (χ2n) is 5.98. The molecule has 1 fully saturated rings. The van der Waals surface area contributed by atoms with E-state index < -0.39 is 5.54 Å². The number of nitrogens with zero attached hydrogens (tertiary/aromatic N) is 1. The highest BCUT2D eigenvalue weighted by molar-refractivity contribution is 6.36. The predicted molar refractivity (Wildman–Crippen MR) is 89.3 cm³/mol. The van der Waals surface area contributed by atoms with Crippen molar-refractivity contribution in [1.82, 2.24) is 4.90 Å². The molecule has 1 saturated heterocycles. The Kier molecular flexibility index (Phi) is 5.70. The number of halogens is 2. The normalized spacial score (nSPS) is 19.2. The van der Waals surface area contributed by atoms with Crippen LogP contribution in [0.15, 0.2) is 18.2 Å². The minimum atomic E-state index is -0.414. The number of Topliss-reactive ketones (excluding diaryl/α,β-unsaturated/α-hetero) is 1. The molecule has 0 radical (unpaired) electrons. The van der Waals surface area contributed by atoms with Crippen LogP contribution >= 0.6 is 23.2 Å². The number of carbonyl (C=O) groups excluding carboxylic acids is 1. The van der Waals surface area contributed by atoms with Gasteiger partial charge >= 0.3 is 0 Å². The van der Waals surface area contributed by atoms with E-state index in [-0.39, 0.29) is 5.78 Å². The number of piperidine rings is 1. The van der Waals surface area contributed by atoms with Gasteiger partial charge in [-0.05, 0) is 57.0 Å². The van der Waals surface area contributed by atoms with Crippen molar-refractivity contribution in [3.05, 3.63) is 33.8 Å². The highest BCUT2D eigenvalue weighted by Crippen LogP contribution is 2.30. The summed E-state index contributed by atoms with van der Waals surface area (Å²) in [6.45, 7) is 6.16. The summed E-state index contributed by atoms with van der Waals surface area (Å²) < 4.78 is 0. The molecule has 1 aromatic rings. The molecule has 0 aromatic heterocycles. The van der Waals surface area contributed by atoms with Crippen LogP contribution in [0.3, 0.4) is 0 Å². The number of rotatable bonds is 5. The van der Waals surface area contributed by atoms with Gasteiger partial charge in [0.05, 0.1) is 5.54 Å².